The van der Waals surface area contributed by atoms with Crippen molar-refractivity contribution in [3.05, 3.63) is 54.1 Å². The van der Waals surface area contributed by atoms with E-state index in [-0.39, 0.29) is 30.1 Å². The van der Waals surface area contributed by atoms with Gasteiger partial charge < -0.3 is 24.8 Å². The number of hydrogen-bond acceptors (Lipinski definition) is 4. The smallest absolute Gasteiger partial charge is 0.191 e. The number of nitrogens with one attached hydrogen (secondary N) is 2. The number of rotatable bonds is 9. The maximum atomic E-state index is 5.95. The van der Waals surface area contributed by atoms with Gasteiger partial charge in [0.2, 0.25) is 0 Å². The number of halogens is 1. The molecule has 7 heteroatoms. The van der Waals surface area contributed by atoms with Crippen LogP contribution in [0.1, 0.15) is 12.5 Å². The van der Waals surface area contributed by atoms with Gasteiger partial charge in [0.25, 0.3) is 0 Å². The van der Waals surface area contributed by atoms with Crippen LogP contribution in [0.4, 0.5) is 0 Å². The van der Waals surface area contributed by atoms with Crippen molar-refractivity contribution in [1.82, 2.24) is 10.6 Å². The second-order valence-corrected chi connectivity index (χ2v) is 6.02. The third kappa shape index (κ3) is 7.46. The maximum absolute atomic E-state index is 5.95. The van der Waals surface area contributed by atoms with Crippen LogP contribution in [0.25, 0.3) is 0 Å². The standard InChI is InChI=1S/C21H29N3O3.HI/c1-16(27-20-12-8-7-11-19(20)26-4)15-24-21(22-2)23-14-13-17-9-5-6-10-18(17)25-3;/h5-12,16H,13-15H2,1-4H3,(H2,22,23,24);1H. The summed E-state index contributed by atoms with van der Waals surface area (Å²) < 4.78 is 16.6. The molecular formula is C21H30IN3O3. The average molecular weight is 499 g/mol. The van der Waals surface area contributed by atoms with Crippen molar-refractivity contribution in [2.75, 3.05) is 34.4 Å². The fourth-order valence-electron chi connectivity index (χ4n) is 2.66. The Labute approximate surface area is 184 Å². The van der Waals surface area contributed by atoms with E-state index < -0.39 is 0 Å². The molecule has 0 bridgehead atoms. The zero-order chi connectivity index (χ0) is 19.5. The van der Waals surface area contributed by atoms with Gasteiger partial charge in [0.15, 0.2) is 17.5 Å². The Bertz CT molecular complexity index is 740. The van der Waals surface area contributed by atoms with Crippen LogP contribution in [0.3, 0.4) is 0 Å². The number of methoxy groups -OCH3 is 2. The van der Waals surface area contributed by atoms with Gasteiger partial charge in [0.1, 0.15) is 11.9 Å². The lowest BCUT2D eigenvalue weighted by molar-refractivity contribution is 0.213. The van der Waals surface area contributed by atoms with Crippen LogP contribution in [0, 0.1) is 0 Å². The molecule has 2 aromatic rings. The zero-order valence-electron chi connectivity index (χ0n) is 16.9. The summed E-state index contributed by atoms with van der Waals surface area (Å²) in [5.41, 5.74) is 1.16. The van der Waals surface area contributed by atoms with Crippen LogP contribution >= 0.6 is 24.0 Å². The van der Waals surface area contributed by atoms with Gasteiger partial charge in [0, 0.05) is 13.6 Å². The van der Waals surface area contributed by atoms with E-state index >= 15 is 0 Å². The molecule has 0 radical (unpaired) electrons. The average Bonchev–Trinajstić information content (AvgIpc) is 2.71. The zero-order valence-corrected chi connectivity index (χ0v) is 19.2. The van der Waals surface area contributed by atoms with E-state index in [2.05, 4.69) is 21.7 Å². The van der Waals surface area contributed by atoms with Gasteiger partial charge in [-0.05, 0) is 37.1 Å². The minimum atomic E-state index is -0.0472. The first-order chi connectivity index (χ1) is 13.2. The van der Waals surface area contributed by atoms with Crippen molar-refractivity contribution in [2.24, 2.45) is 4.99 Å². The number of guanidine groups is 1. The molecule has 28 heavy (non-hydrogen) atoms. The van der Waals surface area contributed by atoms with E-state index in [1.165, 1.54) is 0 Å². The number of benzene rings is 2. The summed E-state index contributed by atoms with van der Waals surface area (Å²) in [5.74, 6) is 3.10. The highest BCUT2D eigenvalue weighted by Crippen LogP contribution is 2.26. The Balaban J connectivity index is 0.00000392. The lowest BCUT2D eigenvalue weighted by Gasteiger charge is -2.19. The lowest BCUT2D eigenvalue weighted by atomic mass is 10.1. The molecular weight excluding hydrogens is 469 g/mol. The first-order valence-corrected chi connectivity index (χ1v) is 9.04. The predicted molar refractivity (Wildman–Crippen MR) is 125 cm³/mol. The summed E-state index contributed by atoms with van der Waals surface area (Å²) in [6, 6.07) is 15.7. The highest BCUT2D eigenvalue weighted by Gasteiger charge is 2.09. The Kier molecular flexibility index (Phi) is 11.2. The molecule has 2 N–H and O–H groups in total. The number of para-hydroxylation sites is 3. The van der Waals surface area contributed by atoms with E-state index in [9.17, 15) is 0 Å². The largest absolute Gasteiger partial charge is 0.496 e. The van der Waals surface area contributed by atoms with Crippen molar-refractivity contribution in [2.45, 2.75) is 19.4 Å². The van der Waals surface area contributed by atoms with Crippen molar-refractivity contribution in [3.63, 3.8) is 0 Å². The highest BCUT2D eigenvalue weighted by molar-refractivity contribution is 14.0. The molecule has 2 rings (SSSR count). The molecule has 0 fully saturated rings. The first kappa shape index (κ1) is 23.9. The van der Waals surface area contributed by atoms with Crippen LogP contribution in [0.5, 0.6) is 17.2 Å². The quantitative estimate of drug-likeness (QED) is 0.314. The maximum Gasteiger partial charge on any atom is 0.191 e. The van der Waals surface area contributed by atoms with Crippen LogP contribution in [0.15, 0.2) is 53.5 Å². The minimum Gasteiger partial charge on any atom is -0.496 e. The molecule has 0 saturated heterocycles. The van der Waals surface area contributed by atoms with Crippen molar-refractivity contribution >= 4 is 29.9 Å². The summed E-state index contributed by atoms with van der Waals surface area (Å²) in [7, 11) is 5.08. The summed E-state index contributed by atoms with van der Waals surface area (Å²) in [4.78, 5) is 4.26. The second kappa shape index (κ2) is 13.1. The van der Waals surface area contributed by atoms with Crippen LogP contribution in [0.2, 0.25) is 0 Å². The predicted octanol–water partition coefficient (Wildman–Crippen LogP) is 3.50. The molecule has 1 unspecified atom stereocenters. The van der Waals surface area contributed by atoms with Gasteiger partial charge in [-0.25, -0.2) is 0 Å². The van der Waals surface area contributed by atoms with Gasteiger partial charge >= 0.3 is 0 Å². The molecule has 1 atom stereocenters. The number of hydrogen-bond donors (Lipinski definition) is 2. The van der Waals surface area contributed by atoms with Crippen LogP contribution < -0.4 is 24.8 Å². The third-order valence-corrected chi connectivity index (χ3v) is 4.06. The summed E-state index contributed by atoms with van der Waals surface area (Å²) in [5, 5.41) is 6.60. The Morgan fingerprint density at radius 2 is 1.54 bits per heavy atom. The first-order valence-electron chi connectivity index (χ1n) is 9.04. The summed E-state index contributed by atoms with van der Waals surface area (Å²) in [6.45, 7) is 3.37. The second-order valence-electron chi connectivity index (χ2n) is 6.02. The molecule has 2 aromatic carbocycles. The van der Waals surface area contributed by atoms with Crippen molar-refractivity contribution in [3.8, 4) is 17.2 Å². The van der Waals surface area contributed by atoms with Gasteiger partial charge in [-0.15, -0.1) is 24.0 Å². The summed E-state index contributed by atoms with van der Waals surface area (Å²) >= 11 is 0. The van der Waals surface area contributed by atoms with E-state index in [1.54, 1.807) is 21.3 Å². The normalized spacial score (nSPS) is 11.8. The Morgan fingerprint density at radius 1 is 0.929 bits per heavy atom. The number of aliphatic imine (C=N–C) groups is 1. The molecule has 0 aliphatic carbocycles. The monoisotopic (exact) mass is 499 g/mol. The highest BCUT2D eigenvalue weighted by atomic mass is 127. The Hall–Kier alpha value is -2.16. The van der Waals surface area contributed by atoms with Crippen LogP contribution in [-0.2, 0) is 6.42 Å². The molecule has 0 aliphatic heterocycles. The van der Waals surface area contributed by atoms with Crippen molar-refractivity contribution in [1.29, 1.82) is 0 Å². The van der Waals surface area contributed by atoms with Gasteiger partial charge in [-0.2, -0.15) is 0 Å². The molecule has 0 amide bonds. The fraction of sp³-hybridized carbons (Fsp3) is 0.381. The topological polar surface area (TPSA) is 64.1 Å². The molecule has 6 nitrogen and oxygen atoms in total. The SMILES string of the molecule is CN=C(NCCc1ccccc1OC)NCC(C)Oc1ccccc1OC.I. The lowest BCUT2D eigenvalue weighted by Crippen LogP contribution is -2.42. The Morgan fingerprint density at radius 3 is 2.18 bits per heavy atom. The van der Waals surface area contributed by atoms with Gasteiger partial charge in [-0.1, -0.05) is 30.3 Å². The molecule has 0 aromatic heterocycles. The van der Waals surface area contributed by atoms with E-state index in [0.717, 1.165) is 41.7 Å². The van der Waals surface area contributed by atoms with E-state index in [4.69, 9.17) is 14.2 Å². The minimum absolute atomic E-state index is 0. The fourth-order valence-corrected chi connectivity index (χ4v) is 2.66. The molecule has 0 heterocycles. The third-order valence-electron chi connectivity index (χ3n) is 4.06. The van der Waals surface area contributed by atoms with Gasteiger partial charge in [0.05, 0.1) is 20.8 Å². The summed E-state index contributed by atoms with van der Waals surface area (Å²) in [6.07, 6.45) is 0.798. The van der Waals surface area contributed by atoms with Crippen molar-refractivity contribution < 1.29 is 14.2 Å². The number of nitrogens with zero attached hydrogens (tertiary/aromatic N) is 1. The molecule has 0 aliphatic rings. The van der Waals surface area contributed by atoms with E-state index in [0.29, 0.717) is 6.54 Å². The van der Waals surface area contributed by atoms with Crippen LogP contribution in [-0.4, -0.2) is 46.4 Å². The van der Waals surface area contributed by atoms with E-state index in [1.807, 2.05) is 49.4 Å². The number of ether oxygens (including phenoxy) is 3. The molecule has 154 valence electrons. The molecule has 0 spiro atoms. The molecule has 0 saturated carbocycles. The van der Waals surface area contributed by atoms with Gasteiger partial charge in [-0.3, -0.25) is 4.99 Å².